The van der Waals surface area contributed by atoms with Crippen molar-refractivity contribution in [1.29, 1.82) is 0 Å². The lowest BCUT2D eigenvalue weighted by Crippen LogP contribution is -2.29. The third kappa shape index (κ3) is 3.87. The zero-order valence-corrected chi connectivity index (χ0v) is 14.8. The highest BCUT2D eigenvalue weighted by atomic mass is 16.2. The minimum atomic E-state index is 0.168. The van der Waals surface area contributed by atoms with Crippen molar-refractivity contribution in [3.8, 4) is 0 Å². The van der Waals surface area contributed by atoms with Crippen molar-refractivity contribution in [3.05, 3.63) is 70.8 Å². The number of aryl methyl sites for hydroxylation is 3. The Morgan fingerprint density at radius 1 is 1.00 bits per heavy atom. The molecule has 1 fully saturated rings. The van der Waals surface area contributed by atoms with Crippen LogP contribution in [0.1, 0.15) is 35.1 Å². The van der Waals surface area contributed by atoms with Gasteiger partial charge in [0.1, 0.15) is 0 Å². The quantitative estimate of drug-likeness (QED) is 0.775. The summed E-state index contributed by atoms with van der Waals surface area (Å²) >= 11 is 0. The van der Waals surface area contributed by atoms with Crippen LogP contribution in [0.2, 0.25) is 0 Å². The van der Waals surface area contributed by atoms with E-state index in [2.05, 4.69) is 61.2 Å². The number of hydrogen-bond donors (Lipinski definition) is 0. The second-order valence-corrected chi connectivity index (χ2v) is 6.97. The zero-order valence-electron chi connectivity index (χ0n) is 14.8. The van der Waals surface area contributed by atoms with Crippen LogP contribution in [-0.2, 0) is 17.6 Å². The smallest absolute Gasteiger partial charge is 0.226 e. The average Bonchev–Trinajstić information content (AvgIpc) is 2.93. The first-order chi connectivity index (χ1) is 11.6. The second kappa shape index (κ2) is 7.65. The highest BCUT2D eigenvalue weighted by Gasteiger charge is 2.31. The van der Waals surface area contributed by atoms with Gasteiger partial charge in [-0.2, -0.15) is 0 Å². The van der Waals surface area contributed by atoms with Crippen LogP contribution in [0.25, 0.3) is 0 Å². The van der Waals surface area contributed by atoms with E-state index < -0.39 is 0 Å². The Bertz CT molecular complexity index is 672. The second-order valence-electron chi connectivity index (χ2n) is 6.97. The summed E-state index contributed by atoms with van der Waals surface area (Å²) in [6.07, 6.45) is 3.99. The molecule has 0 N–H and O–H groups in total. The summed E-state index contributed by atoms with van der Waals surface area (Å²) in [5, 5.41) is 0. The SMILES string of the molecule is Cc1cccc(C)c1CC1CCN(CCCc2ccccc2)C1=O. The monoisotopic (exact) mass is 321 g/mol. The lowest BCUT2D eigenvalue weighted by molar-refractivity contribution is -0.131. The van der Waals surface area contributed by atoms with Crippen LogP contribution < -0.4 is 0 Å². The molecular formula is C22H27NO. The van der Waals surface area contributed by atoms with Crippen LogP contribution in [0.5, 0.6) is 0 Å². The molecule has 2 aromatic rings. The topological polar surface area (TPSA) is 20.3 Å². The van der Waals surface area contributed by atoms with Gasteiger partial charge in [0.15, 0.2) is 0 Å². The van der Waals surface area contributed by atoms with Gasteiger partial charge in [0.25, 0.3) is 0 Å². The van der Waals surface area contributed by atoms with Crippen LogP contribution in [0.3, 0.4) is 0 Å². The van der Waals surface area contributed by atoms with Crippen molar-refractivity contribution in [2.75, 3.05) is 13.1 Å². The summed E-state index contributed by atoms with van der Waals surface area (Å²) < 4.78 is 0. The van der Waals surface area contributed by atoms with Crippen molar-refractivity contribution in [2.24, 2.45) is 5.92 Å². The lowest BCUT2D eigenvalue weighted by atomic mass is 9.92. The number of amides is 1. The number of benzene rings is 2. The summed E-state index contributed by atoms with van der Waals surface area (Å²) in [6.45, 7) is 6.11. The fourth-order valence-corrected chi connectivity index (χ4v) is 3.75. The van der Waals surface area contributed by atoms with Gasteiger partial charge < -0.3 is 4.90 Å². The number of carbonyl (C=O) groups is 1. The number of carbonyl (C=O) groups excluding carboxylic acids is 1. The number of rotatable bonds is 6. The molecule has 2 aromatic carbocycles. The number of nitrogens with zero attached hydrogens (tertiary/aromatic N) is 1. The van der Waals surface area contributed by atoms with Crippen molar-refractivity contribution in [3.63, 3.8) is 0 Å². The van der Waals surface area contributed by atoms with Gasteiger partial charge in [0.2, 0.25) is 5.91 Å². The molecule has 0 radical (unpaired) electrons. The molecule has 1 amide bonds. The molecule has 1 aliphatic heterocycles. The van der Waals surface area contributed by atoms with E-state index in [9.17, 15) is 4.79 Å². The highest BCUT2D eigenvalue weighted by Crippen LogP contribution is 2.26. The molecule has 0 saturated carbocycles. The molecule has 3 rings (SSSR count). The summed E-state index contributed by atoms with van der Waals surface area (Å²) in [5.74, 6) is 0.521. The molecule has 1 saturated heterocycles. The molecule has 0 aromatic heterocycles. The molecule has 2 heteroatoms. The van der Waals surface area contributed by atoms with E-state index in [1.54, 1.807) is 0 Å². The maximum Gasteiger partial charge on any atom is 0.226 e. The maximum absolute atomic E-state index is 12.7. The summed E-state index contributed by atoms with van der Waals surface area (Å²) in [5.41, 5.74) is 5.34. The van der Waals surface area contributed by atoms with Crippen molar-refractivity contribution < 1.29 is 4.79 Å². The van der Waals surface area contributed by atoms with Gasteiger partial charge in [-0.3, -0.25) is 4.79 Å². The van der Waals surface area contributed by atoms with E-state index in [4.69, 9.17) is 0 Å². The maximum atomic E-state index is 12.7. The molecule has 2 nitrogen and oxygen atoms in total. The fourth-order valence-electron chi connectivity index (χ4n) is 3.75. The molecule has 24 heavy (non-hydrogen) atoms. The van der Waals surface area contributed by atoms with Crippen LogP contribution in [0, 0.1) is 19.8 Å². The standard InChI is InChI=1S/C22H27NO/c1-17-8-6-9-18(2)21(17)16-20-13-15-23(22(20)24)14-7-12-19-10-4-3-5-11-19/h3-6,8-11,20H,7,12-16H2,1-2H3. The number of hydrogen-bond acceptors (Lipinski definition) is 1. The molecule has 0 aliphatic carbocycles. The fraction of sp³-hybridized carbons (Fsp3) is 0.409. The number of likely N-dealkylation sites (tertiary alicyclic amines) is 1. The third-order valence-corrected chi connectivity index (χ3v) is 5.24. The van der Waals surface area contributed by atoms with Crippen molar-refractivity contribution in [2.45, 2.75) is 39.5 Å². The van der Waals surface area contributed by atoms with Gasteiger partial charge in [0.05, 0.1) is 0 Å². The molecule has 1 atom stereocenters. The summed E-state index contributed by atoms with van der Waals surface area (Å²) in [4.78, 5) is 14.8. The Morgan fingerprint density at radius 2 is 1.71 bits per heavy atom. The van der Waals surface area contributed by atoms with Gasteiger partial charge in [0, 0.05) is 19.0 Å². The van der Waals surface area contributed by atoms with E-state index >= 15 is 0 Å². The van der Waals surface area contributed by atoms with Gasteiger partial charge in [-0.05, 0) is 61.8 Å². The molecule has 0 bridgehead atoms. The average molecular weight is 321 g/mol. The molecule has 1 heterocycles. The minimum absolute atomic E-state index is 0.168. The molecule has 1 aliphatic rings. The predicted octanol–water partition coefficient (Wildman–Crippen LogP) is 4.33. The molecular weight excluding hydrogens is 294 g/mol. The first kappa shape index (κ1) is 16.8. The van der Waals surface area contributed by atoms with Crippen LogP contribution >= 0.6 is 0 Å². The molecule has 126 valence electrons. The van der Waals surface area contributed by atoms with E-state index in [0.717, 1.165) is 38.8 Å². The van der Waals surface area contributed by atoms with Gasteiger partial charge in [-0.15, -0.1) is 0 Å². The molecule has 0 spiro atoms. The van der Waals surface area contributed by atoms with Crippen LogP contribution in [0.4, 0.5) is 0 Å². The lowest BCUT2D eigenvalue weighted by Gasteiger charge is -2.18. The van der Waals surface area contributed by atoms with E-state index in [-0.39, 0.29) is 5.92 Å². The third-order valence-electron chi connectivity index (χ3n) is 5.24. The Labute approximate surface area is 145 Å². The largest absolute Gasteiger partial charge is 0.342 e. The van der Waals surface area contributed by atoms with Crippen LogP contribution in [-0.4, -0.2) is 23.9 Å². The van der Waals surface area contributed by atoms with Gasteiger partial charge >= 0.3 is 0 Å². The van der Waals surface area contributed by atoms with E-state index in [0.29, 0.717) is 5.91 Å². The van der Waals surface area contributed by atoms with Crippen molar-refractivity contribution >= 4 is 5.91 Å². The Morgan fingerprint density at radius 3 is 2.42 bits per heavy atom. The van der Waals surface area contributed by atoms with Gasteiger partial charge in [-0.1, -0.05) is 48.5 Å². The Balaban J connectivity index is 1.53. The minimum Gasteiger partial charge on any atom is -0.342 e. The van der Waals surface area contributed by atoms with Crippen molar-refractivity contribution in [1.82, 2.24) is 4.90 Å². The highest BCUT2D eigenvalue weighted by molar-refractivity contribution is 5.81. The Kier molecular flexibility index (Phi) is 5.34. The summed E-state index contributed by atoms with van der Waals surface area (Å²) in [6, 6.07) is 16.9. The van der Waals surface area contributed by atoms with E-state index in [1.807, 2.05) is 6.07 Å². The zero-order chi connectivity index (χ0) is 16.9. The normalized spacial score (nSPS) is 17.5. The first-order valence-corrected chi connectivity index (χ1v) is 9.03. The predicted molar refractivity (Wildman–Crippen MR) is 99.1 cm³/mol. The Hall–Kier alpha value is -2.09. The summed E-state index contributed by atoms with van der Waals surface area (Å²) in [7, 11) is 0. The van der Waals surface area contributed by atoms with Crippen LogP contribution in [0.15, 0.2) is 48.5 Å². The van der Waals surface area contributed by atoms with E-state index in [1.165, 1.54) is 22.3 Å². The molecule has 1 unspecified atom stereocenters. The van der Waals surface area contributed by atoms with Gasteiger partial charge in [-0.25, -0.2) is 0 Å². The first-order valence-electron chi connectivity index (χ1n) is 9.03.